The first-order valence-corrected chi connectivity index (χ1v) is 8.61. The first kappa shape index (κ1) is 15.2. The third kappa shape index (κ3) is 2.77. The second-order valence-corrected chi connectivity index (χ2v) is 6.80. The molecule has 1 aliphatic carbocycles. The number of rotatable bonds is 5. The summed E-state index contributed by atoms with van der Waals surface area (Å²) in [7, 11) is 2.00. The number of benzene rings is 1. The number of likely N-dealkylation sites (tertiary alicyclic amines) is 1. The standard InChI is InChI=1S/C18H22N4O2/c1-21-15-5-3-2-4-14(15)20-16(21)8-9-19-18(24)12-10-17(23)22(11-12)13-6-7-13/h2-5,12-13H,6-11H2,1H3,(H,19,24). The number of carbonyl (C=O) groups is 2. The van der Waals surface area contributed by atoms with E-state index in [9.17, 15) is 9.59 Å². The van der Waals surface area contributed by atoms with Crippen LogP contribution in [0.3, 0.4) is 0 Å². The molecule has 126 valence electrons. The fourth-order valence-corrected chi connectivity index (χ4v) is 3.51. The molecular weight excluding hydrogens is 304 g/mol. The fourth-order valence-electron chi connectivity index (χ4n) is 3.51. The third-order valence-electron chi connectivity index (χ3n) is 5.04. The highest BCUT2D eigenvalue weighted by Crippen LogP contribution is 2.32. The highest BCUT2D eigenvalue weighted by atomic mass is 16.2. The van der Waals surface area contributed by atoms with Gasteiger partial charge >= 0.3 is 0 Å². The Hall–Kier alpha value is -2.37. The lowest BCUT2D eigenvalue weighted by Crippen LogP contribution is -2.34. The first-order valence-electron chi connectivity index (χ1n) is 8.61. The Labute approximate surface area is 140 Å². The Balaban J connectivity index is 1.32. The van der Waals surface area contributed by atoms with Crippen molar-refractivity contribution in [2.24, 2.45) is 13.0 Å². The van der Waals surface area contributed by atoms with Crippen molar-refractivity contribution < 1.29 is 9.59 Å². The molecule has 2 aromatic rings. The van der Waals surface area contributed by atoms with Crippen molar-refractivity contribution in [2.45, 2.75) is 31.7 Å². The molecule has 1 saturated heterocycles. The van der Waals surface area contributed by atoms with Crippen LogP contribution >= 0.6 is 0 Å². The van der Waals surface area contributed by atoms with Crippen molar-refractivity contribution >= 4 is 22.8 Å². The molecule has 2 heterocycles. The van der Waals surface area contributed by atoms with Crippen LogP contribution in [0, 0.1) is 5.92 Å². The highest BCUT2D eigenvalue weighted by molar-refractivity contribution is 5.89. The summed E-state index contributed by atoms with van der Waals surface area (Å²) in [6.07, 6.45) is 3.22. The molecule has 1 aliphatic heterocycles. The molecular formula is C18H22N4O2. The molecule has 1 saturated carbocycles. The van der Waals surface area contributed by atoms with Crippen LogP contribution < -0.4 is 5.32 Å². The van der Waals surface area contributed by atoms with Gasteiger partial charge in [-0.3, -0.25) is 9.59 Å². The van der Waals surface area contributed by atoms with Gasteiger partial charge in [-0.05, 0) is 25.0 Å². The van der Waals surface area contributed by atoms with Crippen molar-refractivity contribution in [3.63, 3.8) is 0 Å². The number of aryl methyl sites for hydroxylation is 1. The summed E-state index contributed by atoms with van der Waals surface area (Å²) < 4.78 is 2.06. The molecule has 2 amide bonds. The number of imidazole rings is 1. The number of amides is 2. The Morgan fingerprint density at radius 2 is 2.12 bits per heavy atom. The van der Waals surface area contributed by atoms with Gasteiger partial charge in [-0.25, -0.2) is 4.98 Å². The summed E-state index contributed by atoms with van der Waals surface area (Å²) in [6.45, 7) is 1.13. The Bertz CT molecular complexity index is 793. The lowest BCUT2D eigenvalue weighted by molar-refractivity contribution is -0.129. The second kappa shape index (κ2) is 5.92. The normalized spacial score (nSPS) is 20.8. The summed E-state index contributed by atoms with van der Waals surface area (Å²) >= 11 is 0. The van der Waals surface area contributed by atoms with E-state index in [1.54, 1.807) is 0 Å². The minimum Gasteiger partial charge on any atom is -0.355 e. The molecule has 1 atom stereocenters. The van der Waals surface area contributed by atoms with E-state index in [1.807, 2.05) is 36.2 Å². The van der Waals surface area contributed by atoms with Crippen LogP contribution in [0.25, 0.3) is 11.0 Å². The molecule has 1 N–H and O–H groups in total. The van der Waals surface area contributed by atoms with Gasteiger partial charge in [-0.2, -0.15) is 0 Å². The molecule has 2 fully saturated rings. The van der Waals surface area contributed by atoms with Gasteiger partial charge in [0.1, 0.15) is 5.82 Å². The Morgan fingerprint density at radius 3 is 2.88 bits per heavy atom. The van der Waals surface area contributed by atoms with E-state index in [0.717, 1.165) is 29.7 Å². The Kier molecular flexibility index (Phi) is 3.75. The van der Waals surface area contributed by atoms with E-state index in [2.05, 4.69) is 14.9 Å². The number of carbonyl (C=O) groups excluding carboxylic acids is 2. The van der Waals surface area contributed by atoms with Gasteiger partial charge in [0.15, 0.2) is 0 Å². The van der Waals surface area contributed by atoms with Crippen LogP contribution in [0.15, 0.2) is 24.3 Å². The molecule has 6 heteroatoms. The third-order valence-corrected chi connectivity index (χ3v) is 5.04. The maximum Gasteiger partial charge on any atom is 0.225 e. The van der Waals surface area contributed by atoms with Crippen LogP contribution in [0.1, 0.15) is 25.1 Å². The lowest BCUT2D eigenvalue weighted by atomic mass is 10.1. The number of nitrogens with zero attached hydrogens (tertiary/aromatic N) is 3. The van der Waals surface area contributed by atoms with Gasteiger partial charge in [0.25, 0.3) is 0 Å². The van der Waals surface area contributed by atoms with Gasteiger partial charge in [0.05, 0.1) is 17.0 Å². The number of aromatic nitrogens is 2. The summed E-state index contributed by atoms with van der Waals surface area (Å²) in [4.78, 5) is 30.7. The summed E-state index contributed by atoms with van der Waals surface area (Å²) in [5.74, 6) is 0.885. The topological polar surface area (TPSA) is 67.2 Å². The average Bonchev–Trinajstić information content (AvgIpc) is 3.28. The second-order valence-electron chi connectivity index (χ2n) is 6.80. The van der Waals surface area contributed by atoms with E-state index in [4.69, 9.17) is 0 Å². The largest absolute Gasteiger partial charge is 0.355 e. The van der Waals surface area contributed by atoms with Crippen molar-refractivity contribution in [1.82, 2.24) is 19.8 Å². The van der Waals surface area contributed by atoms with Crippen LogP contribution in [0.2, 0.25) is 0 Å². The highest BCUT2D eigenvalue weighted by Gasteiger charge is 2.41. The van der Waals surface area contributed by atoms with Crippen LogP contribution in [0.5, 0.6) is 0 Å². The number of hydrogen-bond donors (Lipinski definition) is 1. The van der Waals surface area contributed by atoms with Crippen LogP contribution in [0.4, 0.5) is 0 Å². The molecule has 1 aromatic carbocycles. The van der Waals surface area contributed by atoms with Gasteiger partial charge in [0, 0.05) is 39.0 Å². The molecule has 1 unspecified atom stereocenters. The molecule has 24 heavy (non-hydrogen) atoms. The van der Waals surface area contributed by atoms with Gasteiger partial charge in [-0.15, -0.1) is 0 Å². The van der Waals surface area contributed by atoms with Crippen LogP contribution in [-0.2, 0) is 23.1 Å². The van der Waals surface area contributed by atoms with E-state index in [1.165, 1.54) is 0 Å². The van der Waals surface area contributed by atoms with E-state index < -0.39 is 0 Å². The summed E-state index contributed by atoms with van der Waals surface area (Å²) in [5, 5.41) is 2.97. The predicted octanol–water partition coefficient (Wildman–Crippen LogP) is 1.24. The molecule has 2 aliphatic rings. The number of para-hydroxylation sites is 2. The quantitative estimate of drug-likeness (QED) is 0.899. The van der Waals surface area contributed by atoms with Gasteiger partial charge in [-0.1, -0.05) is 12.1 Å². The monoisotopic (exact) mass is 326 g/mol. The zero-order valence-electron chi connectivity index (χ0n) is 13.9. The van der Waals surface area contributed by atoms with Crippen molar-refractivity contribution in [1.29, 1.82) is 0 Å². The van der Waals surface area contributed by atoms with E-state index >= 15 is 0 Å². The summed E-state index contributed by atoms with van der Waals surface area (Å²) in [5.41, 5.74) is 2.07. The maximum atomic E-state index is 12.3. The van der Waals surface area contributed by atoms with E-state index in [0.29, 0.717) is 32.0 Å². The smallest absolute Gasteiger partial charge is 0.225 e. The number of hydrogen-bond acceptors (Lipinski definition) is 3. The summed E-state index contributed by atoms with van der Waals surface area (Å²) in [6, 6.07) is 8.41. The predicted molar refractivity (Wildman–Crippen MR) is 90.3 cm³/mol. The minimum absolute atomic E-state index is 0.00901. The number of fused-ring (bicyclic) bond motifs is 1. The zero-order valence-corrected chi connectivity index (χ0v) is 13.9. The molecule has 4 rings (SSSR count). The molecule has 6 nitrogen and oxygen atoms in total. The average molecular weight is 326 g/mol. The van der Waals surface area contributed by atoms with Crippen LogP contribution in [-0.4, -0.2) is 45.4 Å². The van der Waals surface area contributed by atoms with Crippen molar-refractivity contribution in [3.05, 3.63) is 30.1 Å². The minimum atomic E-state index is -0.196. The van der Waals surface area contributed by atoms with Gasteiger partial charge < -0.3 is 14.8 Å². The van der Waals surface area contributed by atoms with Crippen molar-refractivity contribution in [3.8, 4) is 0 Å². The first-order chi connectivity index (χ1) is 11.6. The fraction of sp³-hybridized carbons (Fsp3) is 0.500. The molecule has 1 aromatic heterocycles. The molecule has 0 radical (unpaired) electrons. The molecule has 0 spiro atoms. The van der Waals surface area contributed by atoms with Gasteiger partial charge in [0.2, 0.25) is 11.8 Å². The van der Waals surface area contributed by atoms with Crippen molar-refractivity contribution in [2.75, 3.05) is 13.1 Å². The maximum absolute atomic E-state index is 12.3. The lowest BCUT2D eigenvalue weighted by Gasteiger charge is -2.15. The SMILES string of the molecule is Cn1c(CCNC(=O)C2CC(=O)N(C3CC3)C2)nc2ccccc21. The van der Waals surface area contributed by atoms with E-state index in [-0.39, 0.29) is 17.7 Å². The molecule has 0 bridgehead atoms. The zero-order chi connectivity index (χ0) is 16.7. The Morgan fingerprint density at radius 1 is 1.33 bits per heavy atom. The number of nitrogens with one attached hydrogen (secondary N) is 1.